The van der Waals surface area contributed by atoms with Crippen LogP contribution < -0.4 is 0 Å². The molecular formula is C22H25NO8S. The highest BCUT2D eigenvalue weighted by Crippen LogP contribution is 2.33. The molecule has 172 valence electrons. The number of aryl methyl sites for hydroxylation is 1. The maximum absolute atomic E-state index is 12.7. The van der Waals surface area contributed by atoms with E-state index in [1.165, 1.54) is 12.1 Å². The van der Waals surface area contributed by atoms with Crippen molar-refractivity contribution in [3.05, 3.63) is 65.7 Å². The third-order valence-corrected chi connectivity index (χ3v) is 6.66. The molecule has 1 aliphatic heterocycles. The van der Waals surface area contributed by atoms with Gasteiger partial charge in [0.25, 0.3) is 10.1 Å². The van der Waals surface area contributed by atoms with Crippen LogP contribution in [0.15, 0.2) is 59.5 Å². The molecule has 0 unspecified atom stereocenters. The van der Waals surface area contributed by atoms with Gasteiger partial charge in [-0.05, 0) is 31.0 Å². The van der Waals surface area contributed by atoms with Crippen molar-refractivity contribution < 1.29 is 37.1 Å². The minimum Gasteiger partial charge on any atom is -0.480 e. The summed E-state index contributed by atoms with van der Waals surface area (Å²) in [6.45, 7) is 1.04. The maximum atomic E-state index is 12.7. The molecule has 1 fully saturated rings. The standard InChI is InChI=1S/C22H25NO8S/c1-15-7-9-17(10-8-15)32(28,29)31-19-13-23(20(21(25)26)18(19)11-12-24)22(27)30-14-16-5-3-2-4-6-16/h2-10,18-20,24H,11-14H2,1H3,(H,25,26)/t18-,19-,20-/m0/s1. The van der Waals surface area contributed by atoms with Gasteiger partial charge in [0.15, 0.2) is 0 Å². The number of carboxylic acid groups (broad SMARTS) is 1. The number of ether oxygens (including phenoxy) is 1. The van der Waals surface area contributed by atoms with Gasteiger partial charge in [-0.1, -0.05) is 48.0 Å². The van der Waals surface area contributed by atoms with Gasteiger partial charge in [-0.3, -0.25) is 9.08 Å². The first kappa shape index (κ1) is 23.7. The number of hydrogen-bond donors (Lipinski definition) is 2. The molecule has 0 spiro atoms. The van der Waals surface area contributed by atoms with E-state index in [0.29, 0.717) is 5.56 Å². The van der Waals surface area contributed by atoms with Crippen LogP contribution in [0, 0.1) is 12.8 Å². The van der Waals surface area contributed by atoms with Gasteiger partial charge < -0.3 is 14.9 Å². The first-order valence-electron chi connectivity index (χ1n) is 10.0. The zero-order valence-electron chi connectivity index (χ0n) is 17.5. The second-order valence-corrected chi connectivity index (χ2v) is 9.13. The Balaban J connectivity index is 1.80. The first-order valence-corrected chi connectivity index (χ1v) is 11.4. The molecule has 2 N–H and O–H groups in total. The number of carboxylic acids is 1. The van der Waals surface area contributed by atoms with E-state index in [1.54, 1.807) is 36.4 Å². The van der Waals surface area contributed by atoms with Crippen molar-refractivity contribution >= 4 is 22.2 Å². The highest BCUT2D eigenvalue weighted by atomic mass is 32.2. The Kier molecular flexibility index (Phi) is 7.49. The molecule has 3 rings (SSSR count). The molecule has 0 aromatic heterocycles. The lowest BCUT2D eigenvalue weighted by atomic mass is 9.95. The Morgan fingerprint density at radius 2 is 1.75 bits per heavy atom. The molecule has 3 atom stereocenters. The van der Waals surface area contributed by atoms with Crippen LogP contribution in [-0.2, 0) is 30.4 Å². The third-order valence-electron chi connectivity index (χ3n) is 5.31. The maximum Gasteiger partial charge on any atom is 0.410 e. The molecule has 0 saturated carbocycles. The Bertz CT molecular complexity index is 1040. The van der Waals surface area contributed by atoms with Crippen molar-refractivity contribution in [2.24, 2.45) is 5.92 Å². The molecule has 32 heavy (non-hydrogen) atoms. The number of aliphatic hydroxyl groups is 1. The van der Waals surface area contributed by atoms with Crippen molar-refractivity contribution in [1.82, 2.24) is 4.90 Å². The number of rotatable bonds is 8. The van der Waals surface area contributed by atoms with Crippen LogP contribution in [-0.4, -0.2) is 60.9 Å². The molecule has 0 radical (unpaired) electrons. The van der Waals surface area contributed by atoms with E-state index in [9.17, 15) is 28.2 Å². The summed E-state index contributed by atoms with van der Waals surface area (Å²) in [5, 5.41) is 19.2. The van der Waals surface area contributed by atoms with Crippen LogP contribution in [0.1, 0.15) is 17.5 Å². The van der Waals surface area contributed by atoms with E-state index < -0.39 is 46.9 Å². The lowest BCUT2D eigenvalue weighted by Crippen LogP contribution is -2.43. The minimum atomic E-state index is -4.22. The van der Waals surface area contributed by atoms with Gasteiger partial charge in [-0.25, -0.2) is 9.59 Å². The van der Waals surface area contributed by atoms with E-state index >= 15 is 0 Å². The summed E-state index contributed by atoms with van der Waals surface area (Å²) in [5.74, 6) is -2.28. The van der Waals surface area contributed by atoms with Gasteiger partial charge in [0.2, 0.25) is 0 Å². The normalized spacial score (nSPS) is 20.8. The molecule has 1 aliphatic rings. The second-order valence-electron chi connectivity index (χ2n) is 7.55. The first-order chi connectivity index (χ1) is 15.2. The lowest BCUT2D eigenvalue weighted by Gasteiger charge is -2.23. The fraction of sp³-hybridized carbons (Fsp3) is 0.364. The van der Waals surface area contributed by atoms with Crippen LogP contribution in [0.4, 0.5) is 4.79 Å². The van der Waals surface area contributed by atoms with Crippen LogP contribution in [0.25, 0.3) is 0 Å². The second kappa shape index (κ2) is 10.1. The summed E-state index contributed by atoms with van der Waals surface area (Å²) < 4.78 is 36.1. The zero-order chi connectivity index (χ0) is 23.3. The monoisotopic (exact) mass is 463 g/mol. The molecule has 1 amide bonds. The van der Waals surface area contributed by atoms with Crippen molar-refractivity contribution in [3.8, 4) is 0 Å². The van der Waals surface area contributed by atoms with Crippen LogP contribution in [0.3, 0.4) is 0 Å². The smallest absolute Gasteiger partial charge is 0.410 e. The van der Waals surface area contributed by atoms with E-state index in [-0.39, 0.29) is 24.5 Å². The molecule has 2 aromatic rings. The van der Waals surface area contributed by atoms with E-state index in [0.717, 1.165) is 10.5 Å². The molecular weight excluding hydrogens is 438 g/mol. The van der Waals surface area contributed by atoms with Crippen LogP contribution in [0.5, 0.6) is 0 Å². The number of aliphatic hydroxyl groups excluding tert-OH is 1. The number of hydrogen-bond acceptors (Lipinski definition) is 7. The fourth-order valence-corrected chi connectivity index (χ4v) is 4.81. The number of nitrogens with zero attached hydrogens (tertiary/aromatic N) is 1. The van der Waals surface area contributed by atoms with Crippen molar-refractivity contribution in [2.75, 3.05) is 13.2 Å². The van der Waals surface area contributed by atoms with Gasteiger partial charge in [0.1, 0.15) is 18.8 Å². The number of benzene rings is 2. The van der Waals surface area contributed by atoms with E-state index in [1.807, 2.05) is 13.0 Å². The van der Waals surface area contributed by atoms with E-state index in [4.69, 9.17) is 8.92 Å². The van der Waals surface area contributed by atoms with Crippen molar-refractivity contribution in [3.63, 3.8) is 0 Å². The largest absolute Gasteiger partial charge is 0.480 e. The number of aliphatic carboxylic acids is 1. The molecule has 0 bridgehead atoms. The number of carbonyl (C=O) groups excluding carboxylic acids is 1. The highest BCUT2D eigenvalue weighted by molar-refractivity contribution is 7.86. The van der Waals surface area contributed by atoms with Crippen molar-refractivity contribution in [2.45, 2.75) is 37.0 Å². The Morgan fingerprint density at radius 3 is 2.34 bits per heavy atom. The third kappa shape index (κ3) is 5.45. The summed E-state index contributed by atoms with van der Waals surface area (Å²) in [4.78, 5) is 25.5. The quantitative estimate of drug-likeness (QED) is 0.570. The topological polar surface area (TPSA) is 130 Å². The minimum absolute atomic E-state index is 0.0620. The summed E-state index contributed by atoms with van der Waals surface area (Å²) in [6, 6.07) is 13.5. The SMILES string of the molecule is Cc1ccc(S(=O)(=O)O[C@H]2CN(C(=O)OCc3ccccc3)[C@H](C(=O)O)[C@H]2CCO)cc1. The number of likely N-dealkylation sites (tertiary alicyclic amines) is 1. The molecule has 10 heteroatoms. The predicted octanol–water partition coefficient (Wildman–Crippen LogP) is 2.17. The Hall–Kier alpha value is -2.95. The van der Waals surface area contributed by atoms with E-state index in [2.05, 4.69) is 0 Å². The number of amides is 1. The molecule has 0 aliphatic carbocycles. The van der Waals surface area contributed by atoms with Gasteiger partial charge in [0.05, 0.1) is 11.4 Å². The molecule has 1 heterocycles. The van der Waals surface area contributed by atoms with Crippen LogP contribution in [0.2, 0.25) is 0 Å². The highest BCUT2D eigenvalue weighted by Gasteiger charge is 2.50. The average Bonchev–Trinajstić information content (AvgIpc) is 3.11. The predicted molar refractivity (Wildman–Crippen MR) is 113 cm³/mol. The van der Waals surface area contributed by atoms with Gasteiger partial charge in [-0.15, -0.1) is 0 Å². The average molecular weight is 464 g/mol. The molecule has 9 nitrogen and oxygen atoms in total. The zero-order valence-corrected chi connectivity index (χ0v) is 18.3. The fourth-order valence-electron chi connectivity index (χ4n) is 3.70. The van der Waals surface area contributed by atoms with Gasteiger partial charge >= 0.3 is 12.1 Å². The lowest BCUT2D eigenvalue weighted by molar-refractivity contribution is -0.143. The van der Waals surface area contributed by atoms with Gasteiger partial charge in [0, 0.05) is 12.5 Å². The summed E-state index contributed by atoms with van der Waals surface area (Å²) >= 11 is 0. The Morgan fingerprint density at radius 1 is 1.09 bits per heavy atom. The van der Waals surface area contributed by atoms with Gasteiger partial charge in [-0.2, -0.15) is 8.42 Å². The number of carbonyl (C=O) groups is 2. The summed E-state index contributed by atoms with van der Waals surface area (Å²) in [7, 11) is -4.22. The van der Waals surface area contributed by atoms with Crippen LogP contribution >= 0.6 is 0 Å². The molecule has 1 saturated heterocycles. The summed E-state index contributed by atoms with van der Waals surface area (Å²) in [5.41, 5.74) is 1.58. The summed E-state index contributed by atoms with van der Waals surface area (Å²) in [6.07, 6.45) is -2.12. The van der Waals surface area contributed by atoms with Crippen molar-refractivity contribution in [1.29, 1.82) is 0 Å². The molecule has 2 aromatic carbocycles. The Labute approximate surface area is 186 Å².